The van der Waals surface area contributed by atoms with Crippen LogP contribution >= 0.6 is 11.6 Å². The molecule has 6 nitrogen and oxygen atoms in total. The summed E-state index contributed by atoms with van der Waals surface area (Å²) in [6.45, 7) is 3.66. The minimum Gasteiger partial charge on any atom is -0.507 e. The van der Waals surface area contributed by atoms with Crippen molar-refractivity contribution in [3.8, 4) is 11.5 Å². The number of ether oxygens (including phenoxy) is 2. The van der Waals surface area contributed by atoms with Gasteiger partial charge in [0.2, 0.25) is 0 Å². The summed E-state index contributed by atoms with van der Waals surface area (Å²) in [5.74, 6) is -0.515. The fraction of sp³-hybridized carbons (Fsp3) is 0.185. The molecule has 1 aliphatic rings. The van der Waals surface area contributed by atoms with Crippen molar-refractivity contribution < 1.29 is 24.2 Å². The molecule has 1 atom stereocenters. The van der Waals surface area contributed by atoms with Crippen LogP contribution in [-0.2, 0) is 9.59 Å². The number of benzene rings is 3. The lowest BCUT2D eigenvalue weighted by Gasteiger charge is -2.26. The van der Waals surface area contributed by atoms with Gasteiger partial charge in [0.05, 0.1) is 25.8 Å². The van der Waals surface area contributed by atoms with Crippen molar-refractivity contribution >= 4 is 34.7 Å². The van der Waals surface area contributed by atoms with Gasteiger partial charge in [-0.05, 0) is 73.0 Å². The fourth-order valence-corrected chi connectivity index (χ4v) is 4.28. The van der Waals surface area contributed by atoms with Gasteiger partial charge >= 0.3 is 0 Å². The molecule has 3 aromatic rings. The minimum atomic E-state index is -0.855. The highest BCUT2D eigenvalue weighted by atomic mass is 35.5. The molecule has 174 valence electrons. The Kier molecular flexibility index (Phi) is 6.35. The molecule has 3 aromatic carbocycles. The second kappa shape index (κ2) is 9.23. The minimum absolute atomic E-state index is 0.000121. The first-order valence-electron chi connectivity index (χ1n) is 10.6. The van der Waals surface area contributed by atoms with Crippen molar-refractivity contribution in [2.24, 2.45) is 0 Å². The van der Waals surface area contributed by atoms with Gasteiger partial charge in [0, 0.05) is 16.3 Å². The molecular formula is C27H24ClNO5. The molecule has 34 heavy (non-hydrogen) atoms. The van der Waals surface area contributed by atoms with Crippen molar-refractivity contribution in [3.05, 3.63) is 93.5 Å². The van der Waals surface area contributed by atoms with Crippen molar-refractivity contribution in [2.75, 3.05) is 19.1 Å². The van der Waals surface area contributed by atoms with Gasteiger partial charge in [-0.3, -0.25) is 14.5 Å². The van der Waals surface area contributed by atoms with Gasteiger partial charge in [-0.2, -0.15) is 0 Å². The lowest BCUT2D eigenvalue weighted by Crippen LogP contribution is -2.29. The number of rotatable bonds is 5. The standard InChI is InChI=1S/C27H24ClNO5/c1-15-5-8-18(14-22(15)28)29-24(17-6-9-19(33-3)10-7-17)23(26(31)27(29)32)25(30)21-12-11-20(34-4)13-16(21)2/h5-14,24,30H,1-4H3/b25-23+. The van der Waals surface area contributed by atoms with Gasteiger partial charge in [0.25, 0.3) is 11.7 Å². The summed E-state index contributed by atoms with van der Waals surface area (Å²) in [4.78, 5) is 28.0. The average Bonchev–Trinajstić information content (AvgIpc) is 3.10. The van der Waals surface area contributed by atoms with E-state index in [1.54, 1.807) is 81.8 Å². The smallest absolute Gasteiger partial charge is 0.300 e. The third-order valence-electron chi connectivity index (χ3n) is 6.00. The molecule has 0 spiro atoms. The maximum atomic E-state index is 13.3. The van der Waals surface area contributed by atoms with Crippen LogP contribution in [0.2, 0.25) is 5.02 Å². The highest BCUT2D eigenvalue weighted by Crippen LogP contribution is 2.43. The van der Waals surface area contributed by atoms with Gasteiger partial charge in [-0.1, -0.05) is 29.8 Å². The first-order chi connectivity index (χ1) is 16.3. The van der Waals surface area contributed by atoms with Gasteiger partial charge in [-0.25, -0.2) is 0 Å². The molecule has 1 saturated heterocycles. The maximum absolute atomic E-state index is 13.3. The zero-order chi connectivity index (χ0) is 24.6. The van der Waals surface area contributed by atoms with Crippen LogP contribution in [0.25, 0.3) is 5.76 Å². The number of hydrogen-bond donors (Lipinski definition) is 1. The van der Waals surface area contributed by atoms with Crippen LogP contribution in [-0.4, -0.2) is 31.0 Å². The number of nitrogens with zero attached hydrogens (tertiary/aromatic N) is 1. The van der Waals surface area contributed by atoms with Gasteiger partial charge in [0.15, 0.2) is 0 Å². The number of aliphatic hydroxyl groups excluding tert-OH is 1. The zero-order valence-corrected chi connectivity index (χ0v) is 20.0. The molecule has 0 saturated carbocycles. The molecule has 7 heteroatoms. The van der Waals surface area contributed by atoms with Crippen LogP contribution in [0.5, 0.6) is 11.5 Å². The van der Waals surface area contributed by atoms with Crippen LogP contribution in [0.1, 0.15) is 28.3 Å². The number of carbonyl (C=O) groups excluding carboxylic acids is 2. The number of carbonyl (C=O) groups is 2. The van der Waals surface area contributed by atoms with E-state index >= 15 is 0 Å². The Hall–Kier alpha value is -3.77. The summed E-state index contributed by atoms with van der Waals surface area (Å²) in [6.07, 6.45) is 0. The summed E-state index contributed by atoms with van der Waals surface area (Å²) in [7, 11) is 3.11. The summed E-state index contributed by atoms with van der Waals surface area (Å²) in [6, 6.07) is 16.5. The van der Waals surface area contributed by atoms with E-state index in [-0.39, 0.29) is 11.3 Å². The van der Waals surface area contributed by atoms with Crippen LogP contribution in [0.15, 0.2) is 66.2 Å². The number of aliphatic hydroxyl groups is 1. The van der Waals surface area contributed by atoms with E-state index in [9.17, 15) is 14.7 Å². The SMILES string of the molecule is COc1ccc(C2/C(=C(\O)c3ccc(OC)cc3C)C(=O)C(=O)N2c2ccc(C)c(Cl)c2)cc1. The highest BCUT2D eigenvalue weighted by Gasteiger charge is 2.47. The Morgan fingerprint density at radius 2 is 1.53 bits per heavy atom. The molecule has 1 amide bonds. The van der Waals surface area contributed by atoms with Crippen LogP contribution in [0.4, 0.5) is 5.69 Å². The molecule has 1 unspecified atom stereocenters. The maximum Gasteiger partial charge on any atom is 0.300 e. The molecule has 4 rings (SSSR count). The van der Waals surface area contributed by atoms with Gasteiger partial charge in [0.1, 0.15) is 17.3 Å². The Labute approximate surface area is 203 Å². The third-order valence-corrected chi connectivity index (χ3v) is 6.41. The van der Waals surface area contributed by atoms with Crippen molar-refractivity contribution in [1.82, 2.24) is 0 Å². The topological polar surface area (TPSA) is 76.1 Å². The number of Topliss-reactive ketones (excluding diaryl/α,β-unsaturated/α-hetero) is 1. The Bertz CT molecular complexity index is 1310. The zero-order valence-electron chi connectivity index (χ0n) is 19.3. The Balaban J connectivity index is 1.95. The number of amides is 1. The van der Waals surface area contributed by atoms with Crippen molar-refractivity contribution in [1.29, 1.82) is 0 Å². The predicted octanol–water partition coefficient (Wildman–Crippen LogP) is 5.60. The molecule has 1 N–H and O–H groups in total. The fourth-order valence-electron chi connectivity index (χ4n) is 4.11. The summed E-state index contributed by atoms with van der Waals surface area (Å²) in [5, 5.41) is 11.8. The number of hydrogen-bond acceptors (Lipinski definition) is 5. The molecule has 0 radical (unpaired) electrons. The van der Waals surface area contributed by atoms with E-state index in [1.165, 1.54) is 4.90 Å². The molecule has 0 aromatic heterocycles. The number of ketones is 1. The van der Waals surface area contributed by atoms with Gasteiger partial charge < -0.3 is 14.6 Å². The number of methoxy groups -OCH3 is 2. The van der Waals surface area contributed by atoms with Crippen LogP contribution < -0.4 is 14.4 Å². The second-order valence-corrected chi connectivity index (χ2v) is 8.46. The van der Waals surface area contributed by atoms with Crippen molar-refractivity contribution in [3.63, 3.8) is 0 Å². The first-order valence-corrected chi connectivity index (χ1v) is 11.0. The normalized spacial score (nSPS) is 17.2. The Morgan fingerprint density at radius 1 is 0.882 bits per heavy atom. The predicted molar refractivity (Wildman–Crippen MR) is 132 cm³/mol. The van der Waals surface area contributed by atoms with E-state index in [1.807, 2.05) is 6.92 Å². The molecule has 1 aliphatic heterocycles. The summed E-state index contributed by atoms with van der Waals surface area (Å²) in [5.41, 5.74) is 3.10. The lowest BCUT2D eigenvalue weighted by molar-refractivity contribution is -0.132. The average molecular weight is 478 g/mol. The molecule has 1 fully saturated rings. The van der Waals surface area contributed by atoms with E-state index in [0.717, 1.165) is 5.56 Å². The van der Waals surface area contributed by atoms with Gasteiger partial charge in [-0.15, -0.1) is 0 Å². The number of aryl methyl sites for hydroxylation is 2. The molecule has 0 aliphatic carbocycles. The second-order valence-electron chi connectivity index (χ2n) is 8.06. The van der Waals surface area contributed by atoms with E-state index in [2.05, 4.69) is 0 Å². The monoisotopic (exact) mass is 477 g/mol. The number of halogens is 1. The largest absolute Gasteiger partial charge is 0.507 e. The van der Waals surface area contributed by atoms with E-state index < -0.39 is 17.7 Å². The van der Waals surface area contributed by atoms with E-state index in [0.29, 0.717) is 38.9 Å². The first kappa shape index (κ1) is 23.4. The van der Waals surface area contributed by atoms with Crippen LogP contribution in [0.3, 0.4) is 0 Å². The number of anilines is 1. The summed E-state index contributed by atoms with van der Waals surface area (Å²) >= 11 is 6.34. The van der Waals surface area contributed by atoms with Crippen LogP contribution in [0, 0.1) is 13.8 Å². The molecule has 0 bridgehead atoms. The Morgan fingerprint density at radius 3 is 2.12 bits per heavy atom. The lowest BCUT2D eigenvalue weighted by atomic mass is 9.93. The molecular weight excluding hydrogens is 454 g/mol. The van der Waals surface area contributed by atoms with Crippen molar-refractivity contribution in [2.45, 2.75) is 19.9 Å². The van der Waals surface area contributed by atoms with E-state index in [4.69, 9.17) is 21.1 Å². The highest BCUT2D eigenvalue weighted by molar-refractivity contribution is 6.51. The summed E-state index contributed by atoms with van der Waals surface area (Å²) < 4.78 is 10.5. The quantitative estimate of drug-likeness (QED) is 0.294. The third kappa shape index (κ3) is 4.01. The molecule has 1 heterocycles.